The smallest absolute Gasteiger partial charge is 0.0222 e. The fraction of sp³-hybridized carbons (Fsp3) is 0.833. The quantitative estimate of drug-likeness (QED) is 0.686. The van der Waals surface area contributed by atoms with E-state index in [1.54, 1.807) is 0 Å². The zero-order chi connectivity index (χ0) is 10.1. The summed E-state index contributed by atoms with van der Waals surface area (Å²) in [7, 11) is 0. The Hall–Kier alpha value is -0.340. The van der Waals surface area contributed by atoms with Crippen LogP contribution in [-0.2, 0) is 0 Å². The van der Waals surface area contributed by atoms with Crippen molar-refractivity contribution < 1.29 is 0 Å². The van der Waals surface area contributed by atoms with Crippen molar-refractivity contribution in [3.8, 4) is 0 Å². The van der Waals surface area contributed by atoms with Crippen LogP contribution in [0.25, 0.3) is 0 Å². The molecule has 1 N–H and O–H groups in total. The van der Waals surface area contributed by atoms with E-state index >= 15 is 0 Å². The first-order chi connectivity index (χ1) is 6.70. The summed E-state index contributed by atoms with van der Waals surface area (Å²) in [5, 5.41) is 3.61. The third-order valence-electron chi connectivity index (χ3n) is 3.49. The summed E-state index contributed by atoms with van der Waals surface area (Å²) in [4.78, 5) is 2.67. The van der Waals surface area contributed by atoms with Gasteiger partial charge in [-0.1, -0.05) is 6.08 Å². The molecule has 3 unspecified atom stereocenters. The molecule has 1 heterocycles. The Balaban J connectivity index is 1.82. The first-order valence-electron chi connectivity index (χ1n) is 5.85. The topological polar surface area (TPSA) is 15.3 Å². The second-order valence-electron chi connectivity index (χ2n) is 4.90. The highest BCUT2D eigenvalue weighted by Gasteiger charge is 2.38. The van der Waals surface area contributed by atoms with Gasteiger partial charge in [-0.3, -0.25) is 4.90 Å². The van der Waals surface area contributed by atoms with Gasteiger partial charge in [-0.15, -0.1) is 6.58 Å². The zero-order valence-corrected chi connectivity index (χ0v) is 9.37. The van der Waals surface area contributed by atoms with Crippen LogP contribution < -0.4 is 5.32 Å². The van der Waals surface area contributed by atoms with Crippen LogP contribution in [0.4, 0.5) is 0 Å². The van der Waals surface area contributed by atoms with Crippen LogP contribution >= 0.6 is 0 Å². The molecule has 80 valence electrons. The van der Waals surface area contributed by atoms with Crippen LogP contribution in [0.15, 0.2) is 12.7 Å². The minimum absolute atomic E-state index is 0.450. The van der Waals surface area contributed by atoms with E-state index in [2.05, 4.69) is 30.6 Å². The molecule has 2 heteroatoms. The van der Waals surface area contributed by atoms with Crippen LogP contribution in [0.2, 0.25) is 0 Å². The van der Waals surface area contributed by atoms with Gasteiger partial charge >= 0.3 is 0 Å². The maximum Gasteiger partial charge on any atom is 0.0222 e. The SMILES string of the molecule is C=CC(C)NC1CC(C)N(C2CC2)C1. The van der Waals surface area contributed by atoms with Gasteiger partial charge in [0.15, 0.2) is 0 Å². The van der Waals surface area contributed by atoms with Crippen LogP contribution in [0.3, 0.4) is 0 Å². The number of likely N-dealkylation sites (tertiary alicyclic amines) is 1. The Labute approximate surface area is 87.4 Å². The van der Waals surface area contributed by atoms with Crippen LogP contribution in [-0.4, -0.2) is 35.6 Å². The van der Waals surface area contributed by atoms with Gasteiger partial charge in [-0.05, 0) is 33.1 Å². The third-order valence-corrected chi connectivity index (χ3v) is 3.49. The van der Waals surface area contributed by atoms with Gasteiger partial charge in [0, 0.05) is 30.7 Å². The summed E-state index contributed by atoms with van der Waals surface area (Å²) in [6, 6.07) is 2.82. The Morgan fingerprint density at radius 1 is 1.50 bits per heavy atom. The first-order valence-corrected chi connectivity index (χ1v) is 5.85. The Morgan fingerprint density at radius 3 is 2.79 bits per heavy atom. The van der Waals surface area contributed by atoms with Gasteiger partial charge < -0.3 is 5.32 Å². The van der Waals surface area contributed by atoms with Gasteiger partial charge in [0.1, 0.15) is 0 Å². The molecule has 1 saturated heterocycles. The number of nitrogens with zero attached hydrogens (tertiary/aromatic N) is 1. The molecular weight excluding hydrogens is 172 g/mol. The van der Waals surface area contributed by atoms with E-state index in [0.717, 1.165) is 12.1 Å². The fourth-order valence-corrected chi connectivity index (χ4v) is 2.53. The number of hydrogen-bond donors (Lipinski definition) is 1. The Bertz CT molecular complexity index is 210. The molecule has 14 heavy (non-hydrogen) atoms. The normalized spacial score (nSPS) is 35.9. The molecule has 0 aromatic rings. The van der Waals surface area contributed by atoms with E-state index in [1.165, 1.54) is 25.8 Å². The summed E-state index contributed by atoms with van der Waals surface area (Å²) < 4.78 is 0. The molecule has 2 aliphatic rings. The second-order valence-corrected chi connectivity index (χ2v) is 4.90. The van der Waals surface area contributed by atoms with Gasteiger partial charge in [0.2, 0.25) is 0 Å². The molecule has 0 spiro atoms. The third kappa shape index (κ3) is 2.18. The number of nitrogens with one attached hydrogen (secondary N) is 1. The molecule has 2 fully saturated rings. The summed E-state index contributed by atoms with van der Waals surface area (Å²) in [5.41, 5.74) is 0. The lowest BCUT2D eigenvalue weighted by atomic mass is 10.1. The minimum Gasteiger partial charge on any atom is -0.307 e. The average molecular weight is 194 g/mol. The lowest BCUT2D eigenvalue weighted by Crippen LogP contribution is -2.38. The van der Waals surface area contributed by atoms with Crippen molar-refractivity contribution in [1.29, 1.82) is 0 Å². The standard InChI is InChI=1S/C12H22N2/c1-4-9(2)13-11-7-10(3)14(8-11)12-5-6-12/h4,9-13H,1,5-8H2,2-3H3. The molecule has 2 rings (SSSR count). The van der Waals surface area contributed by atoms with Crippen LogP contribution in [0.5, 0.6) is 0 Å². The van der Waals surface area contributed by atoms with Crippen molar-refractivity contribution in [2.24, 2.45) is 0 Å². The molecule has 0 amide bonds. The van der Waals surface area contributed by atoms with Gasteiger partial charge in [0.05, 0.1) is 0 Å². The molecule has 2 nitrogen and oxygen atoms in total. The predicted molar refractivity (Wildman–Crippen MR) is 60.4 cm³/mol. The monoisotopic (exact) mass is 194 g/mol. The zero-order valence-electron chi connectivity index (χ0n) is 9.37. The van der Waals surface area contributed by atoms with E-state index in [4.69, 9.17) is 0 Å². The largest absolute Gasteiger partial charge is 0.307 e. The molecule has 0 aromatic heterocycles. The van der Waals surface area contributed by atoms with Crippen LogP contribution in [0.1, 0.15) is 33.1 Å². The summed E-state index contributed by atoms with van der Waals surface area (Å²) in [5.74, 6) is 0. The molecule has 1 saturated carbocycles. The van der Waals surface area contributed by atoms with Crippen LogP contribution in [0, 0.1) is 0 Å². The molecule has 0 aromatic carbocycles. The van der Waals surface area contributed by atoms with Crippen molar-refractivity contribution in [1.82, 2.24) is 10.2 Å². The van der Waals surface area contributed by atoms with Gasteiger partial charge in [-0.2, -0.15) is 0 Å². The summed E-state index contributed by atoms with van der Waals surface area (Å²) >= 11 is 0. The van der Waals surface area contributed by atoms with E-state index in [-0.39, 0.29) is 0 Å². The Morgan fingerprint density at radius 2 is 2.21 bits per heavy atom. The second kappa shape index (κ2) is 4.03. The van der Waals surface area contributed by atoms with E-state index in [0.29, 0.717) is 12.1 Å². The highest BCUT2D eigenvalue weighted by atomic mass is 15.3. The van der Waals surface area contributed by atoms with E-state index in [1.807, 2.05) is 6.08 Å². The maximum absolute atomic E-state index is 3.81. The number of hydrogen-bond acceptors (Lipinski definition) is 2. The highest BCUT2D eigenvalue weighted by molar-refractivity contribution is 4.97. The lowest BCUT2D eigenvalue weighted by Gasteiger charge is -2.20. The van der Waals surface area contributed by atoms with Gasteiger partial charge in [0.25, 0.3) is 0 Å². The minimum atomic E-state index is 0.450. The van der Waals surface area contributed by atoms with Crippen molar-refractivity contribution in [3.05, 3.63) is 12.7 Å². The summed E-state index contributed by atoms with van der Waals surface area (Å²) in [6.45, 7) is 9.59. The predicted octanol–water partition coefficient (Wildman–Crippen LogP) is 1.78. The first kappa shape index (κ1) is 10.2. The van der Waals surface area contributed by atoms with Gasteiger partial charge in [-0.25, -0.2) is 0 Å². The van der Waals surface area contributed by atoms with Crippen molar-refractivity contribution in [2.45, 2.75) is 57.3 Å². The van der Waals surface area contributed by atoms with E-state index < -0.39 is 0 Å². The van der Waals surface area contributed by atoms with Crippen molar-refractivity contribution in [3.63, 3.8) is 0 Å². The average Bonchev–Trinajstić information content (AvgIpc) is 2.92. The molecule has 0 bridgehead atoms. The molecule has 1 aliphatic heterocycles. The Kier molecular flexibility index (Phi) is 2.93. The maximum atomic E-state index is 3.81. The highest BCUT2D eigenvalue weighted by Crippen LogP contribution is 2.33. The molecule has 0 radical (unpaired) electrons. The fourth-order valence-electron chi connectivity index (χ4n) is 2.53. The van der Waals surface area contributed by atoms with Crippen molar-refractivity contribution >= 4 is 0 Å². The molecular formula is C12H22N2. The van der Waals surface area contributed by atoms with Crippen molar-refractivity contribution in [2.75, 3.05) is 6.54 Å². The lowest BCUT2D eigenvalue weighted by molar-refractivity contribution is 0.254. The molecule has 1 aliphatic carbocycles. The summed E-state index contributed by atoms with van der Waals surface area (Å²) in [6.07, 6.45) is 6.14. The molecule has 3 atom stereocenters. The van der Waals surface area contributed by atoms with E-state index in [9.17, 15) is 0 Å². The number of rotatable bonds is 4.